The summed E-state index contributed by atoms with van der Waals surface area (Å²) in [5.41, 5.74) is 3.82. The number of rotatable bonds is 9. The van der Waals surface area contributed by atoms with Crippen LogP contribution in [0, 0.1) is 13.8 Å². The maximum absolute atomic E-state index is 13.0. The van der Waals surface area contributed by atoms with Crippen LogP contribution in [-0.2, 0) is 6.18 Å². The van der Waals surface area contributed by atoms with Crippen molar-refractivity contribution in [2.45, 2.75) is 71.6 Å². The maximum Gasteiger partial charge on any atom is 0.451 e. The summed E-state index contributed by atoms with van der Waals surface area (Å²) in [7, 11) is 0. The zero-order valence-corrected chi connectivity index (χ0v) is 23.4. The first-order valence-electron chi connectivity index (χ1n) is 14.0. The third kappa shape index (κ3) is 6.72. The van der Waals surface area contributed by atoms with Crippen molar-refractivity contribution < 1.29 is 22.7 Å². The molecule has 2 fully saturated rings. The summed E-state index contributed by atoms with van der Waals surface area (Å²) in [6.45, 7) is 14.3. The van der Waals surface area contributed by atoms with Crippen molar-refractivity contribution in [3.05, 3.63) is 52.6 Å². The zero-order valence-electron chi connectivity index (χ0n) is 23.4. The Morgan fingerprint density at radius 1 is 1.08 bits per heavy atom. The molecule has 1 amide bonds. The molecule has 0 N–H and O–H groups in total. The number of alkyl halides is 3. The van der Waals surface area contributed by atoms with E-state index >= 15 is 0 Å². The van der Waals surface area contributed by atoms with E-state index in [1.807, 2.05) is 0 Å². The van der Waals surface area contributed by atoms with Crippen molar-refractivity contribution >= 4 is 5.91 Å². The van der Waals surface area contributed by atoms with Crippen molar-refractivity contribution in [2.24, 2.45) is 0 Å². The first-order valence-corrected chi connectivity index (χ1v) is 14.0. The van der Waals surface area contributed by atoms with Crippen LogP contribution in [0.3, 0.4) is 0 Å². The minimum atomic E-state index is -4.63. The van der Waals surface area contributed by atoms with E-state index in [9.17, 15) is 18.0 Å². The molecule has 0 spiro atoms. The Bertz CT molecular complexity index is 1120. The third-order valence-corrected chi connectivity index (χ3v) is 8.29. The van der Waals surface area contributed by atoms with E-state index in [2.05, 4.69) is 59.6 Å². The van der Waals surface area contributed by atoms with Gasteiger partial charge in [-0.25, -0.2) is 9.97 Å². The SMILES string of the molecule is CCN(CC)CCCOc1ccc([C@H]2CCC[C@H]3CN(C(=O)c4cnc(C(F)(F)F)nc4)CCN32)c(C)c1C. The molecule has 39 heavy (non-hydrogen) atoms. The predicted octanol–water partition coefficient (Wildman–Crippen LogP) is 5.27. The predicted molar refractivity (Wildman–Crippen MR) is 144 cm³/mol. The number of piperazine rings is 1. The van der Waals surface area contributed by atoms with Gasteiger partial charge in [0.1, 0.15) is 5.75 Å². The number of aromatic nitrogens is 2. The van der Waals surface area contributed by atoms with E-state index in [-0.39, 0.29) is 23.6 Å². The quantitative estimate of drug-likeness (QED) is 0.399. The normalized spacial score (nSPS) is 20.3. The number of ether oxygens (including phenoxy) is 1. The highest BCUT2D eigenvalue weighted by molar-refractivity contribution is 5.93. The molecule has 3 heterocycles. The second-order valence-electron chi connectivity index (χ2n) is 10.5. The van der Waals surface area contributed by atoms with Crippen molar-refractivity contribution in [3.8, 4) is 5.75 Å². The van der Waals surface area contributed by atoms with Crippen LogP contribution >= 0.6 is 0 Å². The third-order valence-electron chi connectivity index (χ3n) is 8.29. The van der Waals surface area contributed by atoms with Crippen LogP contribution < -0.4 is 4.74 Å². The van der Waals surface area contributed by atoms with E-state index < -0.39 is 12.0 Å². The smallest absolute Gasteiger partial charge is 0.451 e. The van der Waals surface area contributed by atoms with Crippen molar-refractivity contribution in [2.75, 3.05) is 45.9 Å². The molecule has 10 heteroatoms. The lowest BCUT2D eigenvalue weighted by atomic mass is 9.86. The standard InChI is InChI=1S/C29H40F3N5O2/c1-5-35(6-2)13-8-16-39-26-12-11-24(20(3)21(26)4)25-10-7-9-23-19-36(14-15-37(23)25)27(38)22-17-33-28(34-18-22)29(30,31)32/h11-12,17-18,23,25H,5-10,13-16,19H2,1-4H3/t23-,25+/m0/s1. The molecule has 2 aromatic rings. The summed E-state index contributed by atoms with van der Waals surface area (Å²) in [6, 6.07) is 4.77. The maximum atomic E-state index is 13.0. The van der Waals surface area contributed by atoms with Gasteiger partial charge in [0.25, 0.3) is 5.91 Å². The molecule has 2 saturated heterocycles. The fourth-order valence-corrected chi connectivity index (χ4v) is 5.88. The molecule has 2 atom stereocenters. The number of hydrogen-bond donors (Lipinski definition) is 0. The number of amides is 1. The van der Waals surface area contributed by atoms with Gasteiger partial charge in [-0.2, -0.15) is 13.2 Å². The lowest BCUT2D eigenvalue weighted by Crippen LogP contribution is -2.57. The highest BCUT2D eigenvalue weighted by Crippen LogP contribution is 2.39. The Morgan fingerprint density at radius 2 is 1.79 bits per heavy atom. The number of benzene rings is 1. The molecular formula is C29H40F3N5O2. The molecular weight excluding hydrogens is 507 g/mol. The zero-order chi connectivity index (χ0) is 28.2. The fraction of sp³-hybridized carbons (Fsp3) is 0.621. The van der Waals surface area contributed by atoms with Crippen molar-refractivity contribution in [1.82, 2.24) is 24.7 Å². The van der Waals surface area contributed by atoms with E-state index in [0.29, 0.717) is 26.2 Å². The summed E-state index contributed by atoms with van der Waals surface area (Å²) in [5, 5.41) is 0. The van der Waals surface area contributed by atoms with Gasteiger partial charge in [0.15, 0.2) is 0 Å². The van der Waals surface area contributed by atoms with Gasteiger partial charge in [-0.15, -0.1) is 0 Å². The Kier molecular flexibility index (Phi) is 9.48. The fourth-order valence-electron chi connectivity index (χ4n) is 5.88. The van der Waals surface area contributed by atoms with Crippen LogP contribution in [-0.4, -0.2) is 82.5 Å². The molecule has 0 saturated carbocycles. The molecule has 4 rings (SSSR count). The summed E-state index contributed by atoms with van der Waals surface area (Å²) in [5.74, 6) is -0.613. The van der Waals surface area contributed by atoms with Crippen LogP contribution in [0.2, 0.25) is 0 Å². The topological polar surface area (TPSA) is 61.8 Å². The van der Waals surface area contributed by atoms with E-state index in [1.165, 1.54) is 16.7 Å². The number of piperidine rings is 1. The molecule has 7 nitrogen and oxygen atoms in total. The summed E-state index contributed by atoms with van der Waals surface area (Å²) in [6.07, 6.45) is 1.42. The van der Waals surface area contributed by atoms with E-state index in [4.69, 9.17) is 4.74 Å². The van der Waals surface area contributed by atoms with Crippen LogP contribution in [0.4, 0.5) is 13.2 Å². The molecule has 0 bridgehead atoms. The molecule has 0 unspecified atom stereocenters. The Morgan fingerprint density at radius 3 is 2.46 bits per heavy atom. The van der Waals surface area contributed by atoms with Gasteiger partial charge in [0, 0.05) is 50.7 Å². The lowest BCUT2D eigenvalue weighted by molar-refractivity contribution is -0.145. The number of halogens is 3. The first kappa shape index (κ1) is 29.3. The summed E-state index contributed by atoms with van der Waals surface area (Å²) in [4.78, 5) is 26.4. The van der Waals surface area contributed by atoms with Crippen LogP contribution in [0.5, 0.6) is 5.75 Å². The van der Waals surface area contributed by atoms with Crippen molar-refractivity contribution in [1.29, 1.82) is 0 Å². The van der Waals surface area contributed by atoms with Gasteiger partial charge in [0.2, 0.25) is 5.82 Å². The first-order chi connectivity index (χ1) is 18.6. The summed E-state index contributed by atoms with van der Waals surface area (Å²) >= 11 is 0. The van der Waals surface area contributed by atoms with Gasteiger partial charge in [-0.1, -0.05) is 19.9 Å². The Labute approximate surface area is 229 Å². The summed E-state index contributed by atoms with van der Waals surface area (Å²) < 4.78 is 44.6. The molecule has 0 radical (unpaired) electrons. The molecule has 1 aromatic carbocycles. The number of carbonyl (C=O) groups excluding carboxylic acids is 1. The average molecular weight is 548 g/mol. The second kappa shape index (κ2) is 12.6. The molecule has 2 aliphatic heterocycles. The highest BCUT2D eigenvalue weighted by atomic mass is 19.4. The van der Waals surface area contributed by atoms with Gasteiger partial charge in [-0.3, -0.25) is 9.69 Å². The Balaban J connectivity index is 1.39. The van der Waals surface area contributed by atoms with E-state index in [1.54, 1.807) is 4.90 Å². The van der Waals surface area contributed by atoms with Crippen molar-refractivity contribution in [3.63, 3.8) is 0 Å². The number of hydrogen-bond acceptors (Lipinski definition) is 6. The number of fused-ring (bicyclic) bond motifs is 1. The van der Waals surface area contributed by atoms with E-state index in [0.717, 1.165) is 63.5 Å². The minimum absolute atomic E-state index is 0.0861. The molecule has 0 aliphatic carbocycles. The monoisotopic (exact) mass is 547 g/mol. The molecule has 1 aromatic heterocycles. The van der Waals surface area contributed by atoms with Gasteiger partial charge < -0.3 is 14.5 Å². The average Bonchev–Trinajstić information content (AvgIpc) is 2.94. The van der Waals surface area contributed by atoms with Crippen LogP contribution in [0.25, 0.3) is 0 Å². The molecule has 2 aliphatic rings. The Hall–Kier alpha value is -2.72. The van der Waals surface area contributed by atoms with Gasteiger partial charge in [-0.05, 0) is 75.4 Å². The van der Waals surface area contributed by atoms with Gasteiger partial charge in [0.05, 0.1) is 12.2 Å². The second-order valence-corrected chi connectivity index (χ2v) is 10.5. The highest BCUT2D eigenvalue weighted by Gasteiger charge is 2.38. The minimum Gasteiger partial charge on any atom is -0.493 e. The molecule has 214 valence electrons. The lowest BCUT2D eigenvalue weighted by Gasteiger charge is -2.48. The number of nitrogens with zero attached hydrogens (tertiary/aromatic N) is 5. The van der Waals surface area contributed by atoms with Crippen LogP contribution in [0.1, 0.15) is 78.4 Å². The van der Waals surface area contributed by atoms with Crippen LogP contribution in [0.15, 0.2) is 24.5 Å². The van der Waals surface area contributed by atoms with Gasteiger partial charge >= 0.3 is 6.18 Å². The number of carbonyl (C=O) groups is 1. The largest absolute Gasteiger partial charge is 0.493 e.